The molecule has 2 aromatic carbocycles. The van der Waals surface area contributed by atoms with Crippen LogP contribution in [0.5, 0.6) is 5.75 Å². The predicted molar refractivity (Wildman–Crippen MR) is 75.2 cm³/mol. The lowest BCUT2D eigenvalue weighted by molar-refractivity contribution is 0.234. The van der Waals surface area contributed by atoms with Gasteiger partial charge in [-0.2, -0.15) is 4.98 Å². The van der Waals surface area contributed by atoms with Crippen molar-refractivity contribution in [2.24, 2.45) is 0 Å². The number of aryl methyl sites for hydroxylation is 1. The van der Waals surface area contributed by atoms with E-state index in [1.54, 1.807) is 18.2 Å². The van der Waals surface area contributed by atoms with Gasteiger partial charge >= 0.3 is 0 Å². The second kappa shape index (κ2) is 5.75. The van der Waals surface area contributed by atoms with Crippen molar-refractivity contribution in [3.63, 3.8) is 0 Å². The molecule has 3 aromatic rings. The minimum absolute atomic E-state index is 0.0276. The fraction of sp³-hybridized carbons (Fsp3) is 0.125. The number of hydrogen-bond donors (Lipinski definition) is 0. The molecule has 0 atom stereocenters. The zero-order valence-electron chi connectivity index (χ0n) is 11.4. The molecule has 0 spiro atoms. The van der Waals surface area contributed by atoms with Gasteiger partial charge in [0.05, 0.1) is 0 Å². The SMILES string of the molecule is Cc1ccc(-c2noc(COc3ccccc3F)n2)cc1. The summed E-state index contributed by atoms with van der Waals surface area (Å²) in [6.07, 6.45) is 0. The van der Waals surface area contributed by atoms with E-state index >= 15 is 0 Å². The van der Waals surface area contributed by atoms with Gasteiger partial charge in [-0.15, -0.1) is 0 Å². The van der Waals surface area contributed by atoms with Gasteiger partial charge in [-0.05, 0) is 19.1 Å². The third-order valence-electron chi connectivity index (χ3n) is 2.97. The molecule has 21 heavy (non-hydrogen) atoms. The van der Waals surface area contributed by atoms with E-state index < -0.39 is 5.82 Å². The fourth-order valence-electron chi connectivity index (χ4n) is 1.83. The number of ether oxygens (including phenoxy) is 1. The van der Waals surface area contributed by atoms with Gasteiger partial charge in [0.25, 0.3) is 5.89 Å². The Morgan fingerprint density at radius 3 is 2.62 bits per heavy atom. The number of halogens is 1. The Kier molecular flexibility index (Phi) is 3.64. The molecule has 0 fully saturated rings. The average Bonchev–Trinajstić information content (AvgIpc) is 2.96. The first-order valence-corrected chi connectivity index (χ1v) is 6.49. The first kappa shape index (κ1) is 13.3. The molecule has 4 nitrogen and oxygen atoms in total. The van der Waals surface area contributed by atoms with Gasteiger partial charge in [-0.1, -0.05) is 47.1 Å². The summed E-state index contributed by atoms with van der Waals surface area (Å²) < 4.78 is 23.8. The van der Waals surface area contributed by atoms with E-state index in [0.717, 1.165) is 11.1 Å². The molecule has 0 aliphatic carbocycles. The van der Waals surface area contributed by atoms with Crippen LogP contribution in [0.2, 0.25) is 0 Å². The first-order chi connectivity index (χ1) is 10.2. The normalized spacial score (nSPS) is 10.6. The van der Waals surface area contributed by atoms with Gasteiger partial charge < -0.3 is 9.26 Å². The molecule has 0 aliphatic heterocycles. The Morgan fingerprint density at radius 2 is 1.86 bits per heavy atom. The van der Waals surface area contributed by atoms with Gasteiger partial charge in [0.1, 0.15) is 0 Å². The molecule has 5 heteroatoms. The van der Waals surface area contributed by atoms with Gasteiger partial charge in [0.15, 0.2) is 18.2 Å². The van der Waals surface area contributed by atoms with Crippen molar-refractivity contribution in [1.82, 2.24) is 10.1 Å². The van der Waals surface area contributed by atoms with Crippen LogP contribution in [0.15, 0.2) is 53.1 Å². The Labute approximate surface area is 121 Å². The maximum Gasteiger partial charge on any atom is 0.264 e. The average molecular weight is 284 g/mol. The minimum Gasteiger partial charge on any atom is -0.481 e. The van der Waals surface area contributed by atoms with Crippen LogP contribution in [-0.2, 0) is 6.61 Å². The smallest absolute Gasteiger partial charge is 0.264 e. The highest BCUT2D eigenvalue weighted by molar-refractivity contribution is 5.54. The zero-order valence-corrected chi connectivity index (χ0v) is 11.4. The molecular weight excluding hydrogens is 271 g/mol. The topological polar surface area (TPSA) is 48.2 Å². The summed E-state index contributed by atoms with van der Waals surface area (Å²) in [4.78, 5) is 4.23. The van der Waals surface area contributed by atoms with Crippen molar-refractivity contribution in [3.05, 3.63) is 65.8 Å². The number of benzene rings is 2. The Bertz CT molecular complexity index is 738. The van der Waals surface area contributed by atoms with Crippen molar-refractivity contribution in [2.45, 2.75) is 13.5 Å². The largest absolute Gasteiger partial charge is 0.481 e. The molecule has 0 saturated heterocycles. The number of hydrogen-bond acceptors (Lipinski definition) is 4. The second-order valence-corrected chi connectivity index (χ2v) is 4.60. The standard InChI is InChI=1S/C16H13FN2O2/c1-11-6-8-12(9-7-11)16-18-15(21-19-16)10-20-14-5-3-2-4-13(14)17/h2-9H,10H2,1H3. The van der Waals surface area contributed by atoms with Crippen molar-refractivity contribution in [3.8, 4) is 17.1 Å². The summed E-state index contributed by atoms with van der Waals surface area (Å²) in [5.41, 5.74) is 2.02. The highest BCUT2D eigenvalue weighted by Crippen LogP contribution is 2.19. The highest BCUT2D eigenvalue weighted by atomic mass is 19.1. The fourth-order valence-corrected chi connectivity index (χ4v) is 1.83. The van der Waals surface area contributed by atoms with Gasteiger partial charge in [-0.25, -0.2) is 4.39 Å². The van der Waals surface area contributed by atoms with Crippen molar-refractivity contribution < 1.29 is 13.7 Å². The van der Waals surface area contributed by atoms with E-state index in [1.807, 2.05) is 31.2 Å². The van der Waals surface area contributed by atoms with Crippen LogP contribution in [0.4, 0.5) is 4.39 Å². The van der Waals surface area contributed by atoms with E-state index in [4.69, 9.17) is 9.26 Å². The lowest BCUT2D eigenvalue weighted by Gasteiger charge is -2.03. The van der Waals surface area contributed by atoms with Crippen LogP contribution in [0.25, 0.3) is 11.4 Å². The molecule has 3 rings (SSSR count). The van der Waals surface area contributed by atoms with Crippen LogP contribution in [-0.4, -0.2) is 10.1 Å². The van der Waals surface area contributed by atoms with Crippen LogP contribution in [0.1, 0.15) is 11.5 Å². The van der Waals surface area contributed by atoms with E-state index in [2.05, 4.69) is 10.1 Å². The summed E-state index contributed by atoms with van der Waals surface area (Å²) in [6.45, 7) is 2.04. The Hall–Kier alpha value is -2.69. The quantitative estimate of drug-likeness (QED) is 0.732. The molecule has 0 aliphatic rings. The number of rotatable bonds is 4. The summed E-state index contributed by atoms with van der Waals surface area (Å²) >= 11 is 0. The summed E-state index contributed by atoms with van der Waals surface area (Å²) in [6, 6.07) is 14.0. The van der Waals surface area contributed by atoms with E-state index in [-0.39, 0.29) is 12.4 Å². The van der Waals surface area contributed by atoms with E-state index in [0.29, 0.717) is 11.7 Å². The van der Waals surface area contributed by atoms with Crippen molar-refractivity contribution in [1.29, 1.82) is 0 Å². The maximum atomic E-state index is 13.4. The van der Waals surface area contributed by atoms with Crippen LogP contribution < -0.4 is 4.74 Å². The van der Waals surface area contributed by atoms with Crippen LogP contribution in [0, 0.1) is 12.7 Å². The third kappa shape index (κ3) is 3.08. The lowest BCUT2D eigenvalue weighted by atomic mass is 10.1. The zero-order chi connectivity index (χ0) is 14.7. The molecule has 1 heterocycles. The molecular formula is C16H13FN2O2. The van der Waals surface area contributed by atoms with Crippen molar-refractivity contribution in [2.75, 3.05) is 0 Å². The predicted octanol–water partition coefficient (Wildman–Crippen LogP) is 3.76. The lowest BCUT2D eigenvalue weighted by Crippen LogP contribution is -1.97. The van der Waals surface area contributed by atoms with Crippen LogP contribution in [0.3, 0.4) is 0 Å². The number of para-hydroxylation sites is 1. The molecule has 106 valence electrons. The Balaban J connectivity index is 1.71. The molecule has 0 saturated carbocycles. The highest BCUT2D eigenvalue weighted by Gasteiger charge is 2.10. The van der Waals surface area contributed by atoms with E-state index in [1.165, 1.54) is 6.07 Å². The molecule has 0 radical (unpaired) electrons. The van der Waals surface area contributed by atoms with Gasteiger partial charge in [0, 0.05) is 5.56 Å². The number of aromatic nitrogens is 2. The second-order valence-electron chi connectivity index (χ2n) is 4.60. The summed E-state index contributed by atoms with van der Waals surface area (Å²) in [5, 5.41) is 3.89. The third-order valence-corrected chi connectivity index (χ3v) is 2.97. The summed E-state index contributed by atoms with van der Waals surface area (Å²) in [5.74, 6) is 0.527. The van der Waals surface area contributed by atoms with Gasteiger partial charge in [-0.3, -0.25) is 0 Å². The molecule has 0 N–H and O–H groups in total. The van der Waals surface area contributed by atoms with Crippen LogP contribution >= 0.6 is 0 Å². The first-order valence-electron chi connectivity index (χ1n) is 6.49. The van der Waals surface area contributed by atoms with Gasteiger partial charge in [0.2, 0.25) is 5.82 Å². The molecule has 1 aromatic heterocycles. The Morgan fingerprint density at radius 1 is 1.10 bits per heavy atom. The summed E-state index contributed by atoms with van der Waals surface area (Å²) in [7, 11) is 0. The molecule has 0 unspecified atom stereocenters. The maximum absolute atomic E-state index is 13.4. The molecule has 0 amide bonds. The number of nitrogens with zero attached hydrogens (tertiary/aromatic N) is 2. The molecule has 0 bridgehead atoms. The van der Waals surface area contributed by atoms with Crippen molar-refractivity contribution >= 4 is 0 Å². The monoisotopic (exact) mass is 284 g/mol. The minimum atomic E-state index is -0.421. The van der Waals surface area contributed by atoms with E-state index in [9.17, 15) is 4.39 Å².